The summed E-state index contributed by atoms with van der Waals surface area (Å²) in [6.45, 7) is 1.58. The van der Waals surface area contributed by atoms with E-state index in [-0.39, 0.29) is 23.4 Å². The van der Waals surface area contributed by atoms with Gasteiger partial charge < -0.3 is 20.3 Å². The van der Waals surface area contributed by atoms with E-state index >= 15 is 0 Å². The second-order valence-electron chi connectivity index (χ2n) is 9.86. The molecule has 44 heavy (non-hydrogen) atoms. The molecular weight excluding hydrogens is 610 g/mol. The molecule has 5 rings (SSSR count). The van der Waals surface area contributed by atoms with Gasteiger partial charge in [0, 0.05) is 23.9 Å². The van der Waals surface area contributed by atoms with E-state index in [0.29, 0.717) is 32.3 Å². The Balaban J connectivity index is 1.35. The first-order chi connectivity index (χ1) is 21.0. The lowest BCUT2D eigenvalue weighted by atomic mass is 10.0. The number of carbonyl (C=O) groups excluding carboxylic acids is 2. The van der Waals surface area contributed by atoms with E-state index in [1.54, 1.807) is 42.5 Å². The largest absolute Gasteiger partial charge is 0.477 e. The number of carboxylic acid groups (broad SMARTS) is 1. The summed E-state index contributed by atoms with van der Waals surface area (Å²) < 4.78 is 16.3. The second kappa shape index (κ2) is 12.7. The summed E-state index contributed by atoms with van der Waals surface area (Å²) in [4.78, 5) is 54.7. The number of benzene rings is 3. The molecule has 12 heteroatoms. The maximum atomic E-state index is 14.8. The van der Waals surface area contributed by atoms with E-state index in [9.17, 15) is 28.7 Å². The van der Waals surface area contributed by atoms with Crippen LogP contribution in [0.2, 0.25) is 10.0 Å². The van der Waals surface area contributed by atoms with Crippen LogP contribution in [0, 0.1) is 5.82 Å². The molecule has 222 valence electrons. The van der Waals surface area contributed by atoms with Gasteiger partial charge in [0.15, 0.2) is 0 Å². The summed E-state index contributed by atoms with van der Waals surface area (Å²) in [5.74, 6) is -3.42. The third kappa shape index (κ3) is 6.46. The van der Waals surface area contributed by atoms with Crippen LogP contribution in [-0.4, -0.2) is 38.5 Å². The Morgan fingerprint density at radius 1 is 0.977 bits per heavy atom. The molecule has 0 radical (unpaired) electrons. The van der Waals surface area contributed by atoms with Gasteiger partial charge in [-0.1, -0.05) is 65.7 Å². The lowest BCUT2D eigenvalue weighted by Crippen LogP contribution is -2.41. The van der Waals surface area contributed by atoms with Crippen molar-refractivity contribution < 1.29 is 23.9 Å². The Morgan fingerprint density at radius 3 is 2.41 bits per heavy atom. The van der Waals surface area contributed by atoms with E-state index in [2.05, 4.69) is 15.6 Å². The lowest BCUT2D eigenvalue weighted by Gasteiger charge is -2.16. The fourth-order valence-electron chi connectivity index (χ4n) is 4.54. The number of fused-ring (bicyclic) bond motifs is 1. The first kappa shape index (κ1) is 30.4. The average Bonchev–Trinajstić information content (AvgIpc) is 3.00. The molecule has 1 atom stereocenters. The molecule has 0 saturated heterocycles. The molecule has 0 aliphatic rings. The van der Waals surface area contributed by atoms with Crippen molar-refractivity contribution in [1.29, 1.82) is 0 Å². The molecule has 3 aromatic carbocycles. The summed E-state index contributed by atoms with van der Waals surface area (Å²) in [6.07, 6.45) is 1.21. The highest BCUT2D eigenvalue weighted by molar-refractivity contribution is 6.42. The van der Waals surface area contributed by atoms with Gasteiger partial charge in [-0.05, 0) is 54.4 Å². The summed E-state index contributed by atoms with van der Waals surface area (Å²) in [6, 6.07) is 19.7. The van der Waals surface area contributed by atoms with Gasteiger partial charge in [0.05, 0.1) is 15.6 Å². The molecule has 2 amide bonds. The zero-order valence-corrected chi connectivity index (χ0v) is 24.5. The van der Waals surface area contributed by atoms with Crippen molar-refractivity contribution in [3.63, 3.8) is 0 Å². The minimum Gasteiger partial charge on any atom is -0.477 e. The fourth-order valence-corrected chi connectivity index (χ4v) is 4.86. The van der Waals surface area contributed by atoms with Gasteiger partial charge in [-0.3, -0.25) is 14.4 Å². The number of halogens is 3. The first-order valence-electron chi connectivity index (χ1n) is 13.2. The number of hydrogen-bond acceptors (Lipinski definition) is 5. The van der Waals surface area contributed by atoms with Crippen LogP contribution in [-0.2, 0) is 11.3 Å². The molecule has 0 spiro atoms. The molecule has 2 aromatic heterocycles. The van der Waals surface area contributed by atoms with Crippen LogP contribution in [0.25, 0.3) is 22.2 Å². The van der Waals surface area contributed by atoms with Gasteiger partial charge in [-0.2, -0.15) is 0 Å². The third-order valence-electron chi connectivity index (χ3n) is 6.80. The number of carbonyl (C=O) groups is 3. The average molecular weight is 633 g/mol. The lowest BCUT2D eigenvalue weighted by molar-refractivity contribution is -0.117. The Labute approximate surface area is 259 Å². The van der Waals surface area contributed by atoms with Crippen LogP contribution in [0.5, 0.6) is 0 Å². The van der Waals surface area contributed by atoms with Crippen molar-refractivity contribution in [3.8, 4) is 11.1 Å². The number of amides is 2. The maximum Gasteiger partial charge on any atom is 0.341 e. The fraction of sp³-hybridized carbons (Fsp3) is 0.0938. The number of aromatic carboxylic acids is 1. The molecule has 0 unspecified atom stereocenters. The Hall–Kier alpha value is -5.06. The summed E-state index contributed by atoms with van der Waals surface area (Å²) in [7, 11) is 0. The first-order valence-corrected chi connectivity index (χ1v) is 14.0. The van der Waals surface area contributed by atoms with E-state index in [1.807, 2.05) is 6.07 Å². The molecule has 3 N–H and O–H groups in total. The van der Waals surface area contributed by atoms with E-state index < -0.39 is 40.6 Å². The topological polar surface area (TPSA) is 130 Å². The normalized spacial score (nSPS) is 11.6. The standard InChI is InChI=1S/C32H23Cl2FN4O5/c1-17(36-31(42)20-8-9-21(25(35)14-20)19-5-3-2-4-6-19)30(41)38-27-12-11-26-28(37-27)29(40)22(32(43)44)16-39(26)15-18-7-10-23(33)24(34)13-18/h2-14,16-17H,15H2,1H3,(H,36,42)(H,43,44)(H,37,38,41)/t17-/m0/s1. The molecule has 5 aromatic rings. The molecular formula is C32H23Cl2FN4O5. The van der Waals surface area contributed by atoms with Crippen molar-refractivity contribution in [2.24, 2.45) is 0 Å². The van der Waals surface area contributed by atoms with Crippen molar-refractivity contribution in [2.75, 3.05) is 5.32 Å². The summed E-state index contributed by atoms with van der Waals surface area (Å²) in [5, 5.41) is 15.3. The number of pyridine rings is 2. The van der Waals surface area contributed by atoms with Crippen LogP contribution in [0.4, 0.5) is 10.2 Å². The number of rotatable bonds is 8. The second-order valence-corrected chi connectivity index (χ2v) is 10.7. The van der Waals surface area contributed by atoms with Crippen LogP contribution in [0.3, 0.4) is 0 Å². The highest BCUT2D eigenvalue weighted by Gasteiger charge is 2.21. The minimum atomic E-state index is -1.44. The Morgan fingerprint density at radius 2 is 1.73 bits per heavy atom. The zero-order valence-electron chi connectivity index (χ0n) is 23.0. The van der Waals surface area contributed by atoms with E-state index in [1.165, 1.54) is 42.0 Å². The third-order valence-corrected chi connectivity index (χ3v) is 7.54. The monoisotopic (exact) mass is 632 g/mol. The number of anilines is 1. The van der Waals surface area contributed by atoms with E-state index in [0.717, 1.165) is 6.07 Å². The minimum absolute atomic E-state index is 0.0226. The predicted molar refractivity (Wildman–Crippen MR) is 166 cm³/mol. The highest BCUT2D eigenvalue weighted by atomic mass is 35.5. The van der Waals surface area contributed by atoms with Crippen molar-refractivity contribution in [3.05, 3.63) is 128 Å². The highest BCUT2D eigenvalue weighted by Crippen LogP contribution is 2.25. The number of nitrogens with zero attached hydrogens (tertiary/aromatic N) is 2. The van der Waals surface area contributed by atoms with Crippen LogP contribution in [0.15, 0.2) is 89.9 Å². The maximum absolute atomic E-state index is 14.8. The van der Waals surface area contributed by atoms with E-state index in [4.69, 9.17) is 23.2 Å². The smallest absolute Gasteiger partial charge is 0.341 e. The molecule has 0 saturated carbocycles. The number of carboxylic acids is 1. The van der Waals surface area contributed by atoms with Gasteiger partial charge in [0.25, 0.3) is 5.91 Å². The van der Waals surface area contributed by atoms with Crippen molar-refractivity contribution in [2.45, 2.75) is 19.5 Å². The van der Waals surface area contributed by atoms with Crippen LogP contribution in [0.1, 0.15) is 33.2 Å². The molecule has 0 bridgehead atoms. The van der Waals surface area contributed by atoms with Crippen LogP contribution < -0.4 is 16.1 Å². The van der Waals surface area contributed by atoms with Gasteiger partial charge >= 0.3 is 5.97 Å². The SMILES string of the molecule is C[C@H](NC(=O)c1ccc(-c2ccccc2)c(F)c1)C(=O)Nc1ccc2c(n1)c(=O)c(C(=O)O)cn2Cc1ccc(Cl)c(Cl)c1. The number of hydrogen-bond donors (Lipinski definition) is 3. The van der Waals surface area contributed by atoms with Gasteiger partial charge in [-0.25, -0.2) is 14.2 Å². The van der Waals surface area contributed by atoms with Gasteiger partial charge in [-0.15, -0.1) is 0 Å². The summed E-state index contributed by atoms with van der Waals surface area (Å²) >= 11 is 12.1. The summed E-state index contributed by atoms with van der Waals surface area (Å²) in [5.41, 5.74) is 0.476. The molecule has 9 nitrogen and oxygen atoms in total. The number of nitrogens with one attached hydrogen (secondary N) is 2. The van der Waals surface area contributed by atoms with Gasteiger partial charge in [0.2, 0.25) is 11.3 Å². The Bertz CT molecular complexity index is 2000. The molecule has 0 aliphatic heterocycles. The number of aromatic nitrogens is 2. The molecule has 0 aliphatic carbocycles. The molecule has 0 fully saturated rings. The van der Waals surface area contributed by atoms with Crippen LogP contribution >= 0.6 is 23.2 Å². The van der Waals surface area contributed by atoms with Gasteiger partial charge in [0.1, 0.15) is 28.8 Å². The van der Waals surface area contributed by atoms with Crippen molar-refractivity contribution >= 4 is 57.8 Å². The zero-order chi connectivity index (χ0) is 31.5. The Kier molecular flexibility index (Phi) is 8.75. The predicted octanol–water partition coefficient (Wildman–Crippen LogP) is 6.01. The quantitative estimate of drug-likeness (QED) is 0.192. The van der Waals surface area contributed by atoms with Crippen molar-refractivity contribution in [1.82, 2.24) is 14.9 Å². The molecule has 2 heterocycles.